The van der Waals surface area contributed by atoms with Crippen LogP contribution in [0.25, 0.3) is 11.4 Å². The zero-order valence-corrected chi connectivity index (χ0v) is 12.9. The molecule has 0 bridgehead atoms. The summed E-state index contributed by atoms with van der Waals surface area (Å²) < 4.78 is 1.72. The van der Waals surface area contributed by atoms with Crippen molar-refractivity contribution in [3.8, 4) is 11.4 Å². The van der Waals surface area contributed by atoms with Crippen LogP contribution >= 0.6 is 0 Å². The van der Waals surface area contributed by atoms with Gasteiger partial charge < -0.3 is 10.2 Å². The van der Waals surface area contributed by atoms with E-state index >= 15 is 0 Å². The highest BCUT2D eigenvalue weighted by Gasteiger charge is 2.13. The Morgan fingerprint density at radius 1 is 1.19 bits per heavy atom. The summed E-state index contributed by atoms with van der Waals surface area (Å²) in [6.45, 7) is 5.97. The van der Waals surface area contributed by atoms with Gasteiger partial charge in [-0.05, 0) is 39.2 Å². The van der Waals surface area contributed by atoms with E-state index in [4.69, 9.17) is 5.11 Å². The van der Waals surface area contributed by atoms with E-state index in [1.54, 1.807) is 4.68 Å². The van der Waals surface area contributed by atoms with Crippen LogP contribution in [0.2, 0.25) is 0 Å². The van der Waals surface area contributed by atoms with Gasteiger partial charge in [-0.3, -0.25) is 0 Å². The predicted molar refractivity (Wildman–Crippen MR) is 81.9 cm³/mol. The minimum Gasteiger partial charge on any atom is -0.394 e. The van der Waals surface area contributed by atoms with Gasteiger partial charge in [0.25, 0.3) is 0 Å². The number of nitrogens with zero attached hydrogens (tertiary/aromatic N) is 3. The van der Waals surface area contributed by atoms with E-state index in [0.717, 1.165) is 24.2 Å². The second kappa shape index (κ2) is 6.37. The highest BCUT2D eigenvalue weighted by Crippen LogP contribution is 2.20. The largest absolute Gasteiger partial charge is 0.394 e. The molecule has 5 heteroatoms. The maximum atomic E-state index is 9.76. The third-order valence-corrected chi connectivity index (χ3v) is 3.33. The standard InChI is InChI=1S/C16H23N3O2/c1-12-17-15(19(18-12)10-11-20)14-6-4-13(5-7-14)8-9-16(2,3)21/h4-7,20-21H,8-11H2,1-3H3. The molecule has 2 rings (SSSR count). The third kappa shape index (κ3) is 4.37. The molecule has 114 valence electrons. The topological polar surface area (TPSA) is 71.2 Å². The lowest BCUT2D eigenvalue weighted by Gasteiger charge is -2.16. The van der Waals surface area contributed by atoms with Gasteiger partial charge in [-0.2, -0.15) is 5.10 Å². The fourth-order valence-electron chi connectivity index (χ4n) is 2.19. The minimum atomic E-state index is -0.642. The normalized spacial score (nSPS) is 11.9. The molecule has 1 aromatic heterocycles. The van der Waals surface area contributed by atoms with Gasteiger partial charge >= 0.3 is 0 Å². The van der Waals surface area contributed by atoms with Crippen LogP contribution in [0.4, 0.5) is 0 Å². The first-order valence-corrected chi connectivity index (χ1v) is 7.23. The van der Waals surface area contributed by atoms with E-state index in [9.17, 15) is 5.11 Å². The van der Waals surface area contributed by atoms with Gasteiger partial charge in [-0.15, -0.1) is 0 Å². The molecular weight excluding hydrogens is 266 g/mol. The lowest BCUT2D eigenvalue weighted by atomic mass is 9.98. The Hall–Kier alpha value is -1.72. The second-order valence-corrected chi connectivity index (χ2v) is 5.94. The summed E-state index contributed by atoms with van der Waals surface area (Å²) in [5.74, 6) is 1.47. The van der Waals surface area contributed by atoms with E-state index < -0.39 is 5.60 Å². The van der Waals surface area contributed by atoms with E-state index in [-0.39, 0.29) is 6.61 Å². The zero-order valence-electron chi connectivity index (χ0n) is 12.9. The molecular formula is C16H23N3O2. The number of benzene rings is 1. The lowest BCUT2D eigenvalue weighted by molar-refractivity contribution is 0.0714. The summed E-state index contributed by atoms with van der Waals surface area (Å²) in [4.78, 5) is 4.42. The Balaban J connectivity index is 2.15. The van der Waals surface area contributed by atoms with Crippen molar-refractivity contribution in [2.75, 3.05) is 6.61 Å². The van der Waals surface area contributed by atoms with Crippen molar-refractivity contribution in [1.82, 2.24) is 14.8 Å². The highest BCUT2D eigenvalue weighted by molar-refractivity contribution is 5.55. The number of hydrogen-bond acceptors (Lipinski definition) is 4. The monoisotopic (exact) mass is 289 g/mol. The van der Waals surface area contributed by atoms with Crippen LogP contribution in [0.1, 0.15) is 31.7 Å². The smallest absolute Gasteiger partial charge is 0.158 e. The van der Waals surface area contributed by atoms with Crippen LogP contribution < -0.4 is 0 Å². The van der Waals surface area contributed by atoms with Crippen molar-refractivity contribution >= 4 is 0 Å². The van der Waals surface area contributed by atoms with Crippen LogP contribution in [0.5, 0.6) is 0 Å². The molecule has 0 fully saturated rings. The van der Waals surface area contributed by atoms with Crippen molar-refractivity contribution in [1.29, 1.82) is 0 Å². The quantitative estimate of drug-likeness (QED) is 0.852. The Labute approximate surface area is 125 Å². The van der Waals surface area contributed by atoms with Gasteiger partial charge in [0, 0.05) is 5.56 Å². The molecule has 0 radical (unpaired) electrons. The molecule has 0 aliphatic rings. The number of aliphatic hydroxyl groups excluding tert-OH is 1. The molecule has 0 unspecified atom stereocenters. The summed E-state index contributed by atoms with van der Waals surface area (Å²) in [6, 6.07) is 8.12. The second-order valence-electron chi connectivity index (χ2n) is 5.94. The van der Waals surface area contributed by atoms with Crippen LogP contribution in [-0.4, -0.2) is 37.2 Å². The summed E-state index contributed by atoms with van der Waals surface area (Å²) in [7, 11) is 0. The average molecular weight is 289 g/mol. The van der Waals surface area contributed by atoms with Crippen molar-refractivity contribution in [2.45, 2.75) is 45.8 Å². The van der Waals surface area contributed by atoms with Crippen LogP contribution in [0.15, 0.2) is 24.3 Å². The number of aromatic nitrogens is 3. The summed E-state index contributed by atoms with van der Waals surface area (Å²) in [5, 5.41) is 23.1. The molecule has 0 saturated heterocycles. The first-order valence-electron chi connectivity index (χ1n) is 7.23. The van der Waals surface area contributed by atoms with E-state index in [0.29, 0.717) is 12.4 Å². The van der Waals surface area contributed by atoms with E-state index in [1.165, 1.54) is 5.56 Å². The van der Waals surface area contributed by atoms with Gasteiger partial charge in [0.05, 0.1) is 18.8 Å². The number of rotatable bonds is 6. The summed E-state index contributed by atoms with van der Waals surface area (Å²) in [5.41, 5.74) is 1.53. The Bertz CT molecular complexity index is 583. The zero-order chi connectivity index (χ0) is 15.5. The number of aliphatic hydroxyl groups is 2. The lowest BCUT2D eigenvalue weighted by Crippen LogP contribution is -2.19. The molecule has 2 aromatic rings. The fraction of sp³-hybridized carbons (Fsp3) is 0.500. The maximum Gasteiger partial charge on any atom is 0.158 e. The molecule has 2 N–H and O–H groups in total. The summed E-state index contributed by atoms with van der Waals surface area (Å²) >= 11 is 0. The maximum absolute atomic E-state index is 9.76. The SMILES string of the molecule is Cc1nc(-c2ccc(CCC(C)(C)O)cc2)n(CCO)n1. The molecule has 0 amide bonds. The van der Waals surface area contributed by atoms with Crippen LogP contribution in [0.3, 0.4) is 0 Å². The van der Waals surface area contributed by atoms with E-state index in [2.05, 4.69) is 10.1 Å². The molecule has 1 heterocycles. The molecule has 0 aliphatic heterocycles. The molecule has 5 nitrogen and oxygen atoms in total. The Kier molecular flexibility index (Phi) is 4.75. The van der Waals surface area contributed by atoms with Gasteiger partial charge in [0.15, 0.2) is 5.82 Å². The predicted octanol–water partition coefficient (Wildman–Crippen LogP) is 1.95. The molecule has 21 heavy (non-hydrogen) atoms. The fourth-order valence-corrected chi connectivity index (χ4v) is 2.19. The Morgan fingerprint density at radius 3 is 2.43 bits per heavy atom. The first-order chi connectivity index (χ1) is 9.89. The van der Waals surface area contributed by atoms with Gasteiger partial charge in [-0.25, -0.2) is 9.67 Å². The number of aryl methyl sites for hydroxylation is 2. The molecule has 0 spiro atoms. The molecule has 0 aliphatic carbocycles. The number of hydrogen-bond donors (Lipinski definition) is 2. The Morgan fingerprint density at radius 2 is 1.86 bits per heavy atom. The van der Waals surface area contributed by atoms with Gasteiger partial charge in [0.2, 0.25) is 0 Å². The first kappa shape index (κ1) is 15.7. The van der Waals surface area contributed by atoms with Crippen molar-refractivity contribution < 1.29 is 10.2 Å². The summed E-state index contributed by atoms with van der Waals surface area (Å²) in [6.07, 6.45) is 1.57. The van der Waals surface area contributed by atoms with Crippen LogP contribution in [0, 0.1) is 6.92 Å². The molecule has 0 atom stereocenters. The van der Waals surface area contributed by atoms with Crippen molar-refractivity contribution in [3.63, 3.8) is 0 Å². The van der Waals surface area contributed by atoms with Gasteiger partial charge in [-0.1, -0.05) is 24.3 Å². The van der Waals surface area contributed by atoms with Crippen molar-refractivity contribution in [2.24, 2.45) is 0 Å². The van der Waals surface area contributed by atoms with Gasteiger partial charge in [0.1, 0.15) is 5.82 Å². The third-order valence-electron chi connectivity index (χ3n) is 3.33. The molecule has 0 saturated carbocycles. The highest BCUT2D eigenvalue weighted by atomic mass is 16.3. The molecule has 1 aromatic carbocycles. The van der Waals surface area contributed by atoms with Crippen LogP contribution in [-0.2, 0) is 13.0 Å². The average Bonchev–Trinajstić information content (AvgIpc) is 2.78. The van der Waals surface area contributed by atoms with Crippen molar-refractivity contribution in [3.05, 3.63) is 35.7 Å². The van der Waals surface area contributed by atoms with E-state index in [1.807, 2.05) is 45.0 Å². The minimum absolute atomic E-state index is 0.0411.